The van der Waals surface area contributed by atoms with Crippen molar-refractivity contribution in [3.05, 3.63) is 24.3 Å². The van der Waals surface area contributed by atoms with Gasteiger partial charge in [-0.05, 0) is 12.8 Å². The summed E-state index contributed by atoms with van der Waals surface area (Å²) in [6.07, 6.45) is 5.75. The Hall–Kier alpha value is -0.960. The van der Waals surface area contributed by atoms with Crippen molar-refractivity contribution in [1.29, 1.82) is 0 Å². The van der Waals surface area contributed by atoms with Gasteiger partial charge in [-0.15, -0.1) is 0 Å². The molecule has 1 aromatic rings. The maximum atomic E-state index is 10.2. The summed E-state index contributed by atoms with van der Waals surface area (Å²) in [6, 6.07) is 0. The van der Waals surface area contributed by atoms with Crippen LogP contribution >= 0.6 is 0 Å². The van der Waals surface area contributed by atoms with Gasteiger partial charge in [-0.1, -0.05) is 20.3 Å². The summed E-state index contributed by atoms with van der Waals surface area (Å²) in [6.45, 7) is 5.84. The molecular weight excluding hydrogens is 164 g/mol. The standard InChI is InChI=1S/C10H16N2O/c1-4-8(2)10(3,13)9-7-11-5-6-12-9/h5-8,13H,4H2,1-3H3. The first-order valence-electron chi connectivity index (χ1n) is 4.58. The van der Waals surface area contributed by atoms with E-state index in [1.165, 1.54) is 0 Å². The lowest BCUT2D eigenvalue weighted by Crippen LogP contribution is -2.30. The first-order valence-corrected chi connectivity index (χ1v) is 4.58. The third kappa shape index (κ3) is 2.04. The molecule has 0 aliphatic heterocycles. The number of aliphatic hydroxyl groups is 1. The lowest BCUT2D eigenvalue weighted by molar-refractivity contribution is -0.00438. The van der Waals surface area contributed by atoms with Crippen LogP contribution in [0.1, 0.15) is 32.9 Å². The summed E-state index contributed by atoms with van der Waals surface area (Å²) in [7, 11) is 0. The highest BCUT2D eigenvalue weighted by Crippen LogP contribution is 2.28. The molecule has 1 N–H and O–H groups in total. The monoisotopic (exact) mass is 180 g/mol. The van der Waals surface area contributed by atoms with E-state index in [4.69, 9.17) is 0 Å². The Morgan fingerprint density at radius 2 is 2.23 bits per heavy atom. The van der Waals surface area contributed by atoms with Gasteiger partial charge in [-0.2, -0.15) is 0 Å². The van der Waals surface area contributed by atoms with Gasteiger partial charge in [0.1, 0.15) is 5.60 Å². The smallest absolute Gasteiger partial charge is 0.108 e. The van der Waals surface area contributed by atoms with Crippen molar-refractivity contribution in [2.45, 2.75) is 32.8 Å². The molecule has 0 fully saturated rings. The summed E-state index contributed by atoms with van der Waals surface area (Å²) in [5.41, 5.74) is -0.229. The van der Waals surface area contributed by atoms with Crippen LogP contribution in [0.15, 0.2) is 18.6 Å². The highest BCUT2D eigenvalue weighted by molar-refractivity contribution is 5.07. The summed E-state index contributed by atoms with van der Waals surface area (Å²) in [5.74, 6) is 0.184. The molecule has 1 rings (SSSR count). The average molecular weight is 180 g/mol. The van der Waals surface area contributed by atoms with Gasteiger partial charge in [-0.3, -0.25) is 9.97 Å². The van der Waals surface area contributed by atoms with Gasteiger partial charge in [0.15, 0.2) is 0 Å². The number of hydrogen-bond acceptors (Lipinski definition) is 3. The Labute approximate surface area is 78.9 Å². The average Bonchev–Trinajstić information content (AvgIpc) is 2.18. The number of aromatic nitrogens is 2. The largest absolute Gasteiger partial charge is 0.384 e. The molecule has 0 spiro atoms. The predicted molar refractivity (Wildman–Crippen MR) is 51.1 cm³/mol. The van der Waals surface area contributed by atoms with E-state index in [2.05, 4.69) is 16.9 Å². The molecule has 72 valence electrons. The first kappa shape index (κ1) is 10.1. The van der Waals surface area contributed by atoms with Crippen molar-refractivity contribution < 1.29 is 5.11 Å². The third-order valence-corrected chi connectivity index (χ3v) is 2.65. The van der Waals surface area contributed by atoms with Crippen molar-refractivity contribution in [3.63, 3.8) is 0 Å². The molecule has 1 heterocycles. The van der Waals surface area contributed by atoms with Crippen molar-refractivity contribution in [1.82, 2.24) is 9.97 Å². The molecule has 0 aromatic carbocycles. The van der Waals surface area contributed by atoms with Crippen LogP contribution in [-0.4, -0.2) is 15.1 Å². The van der Waals surface area contributed by atoms with Crippen LogP contribution in [0.25, 0.3) is 0 Å². The Bertz CT molecular complexity index is 259. The Kier molecular flexibility index (Phi) is 2.98. The molecule has 0 amide bonds. The molecule has 1 aromatic heterocycles. The fraction of sp³-hybridized carbons (Fsp3) is 0.600. The first-order chi connectivity index (χ1) is 6.09. The van der Waals surface area contributed by atoms with E-state index in [1.807, 2.05) is 6.92 Å². The van der Waals surface area contributed by atoms with E-state index in [-0.39, 0.29) is 5.92 Å². The fourth-order valence-electron chi connectivity index (χ4n) is 1.21. The summed E-state index contributed by atoms with van der Waals surface area (Å²) in [4.78, 5) is 8.05. The second kappa shape index (κ2) is 3.83. The van der Waals surface area contributed by atoms with Gasteiger partial charge in [0.25, 0.3) is 0 Å². The molecule has 3 heteroatoms. The fourth-order valence-corrected chi connectivity index (χ4v) is 1.21. The van der Waals surface area contributed by atoms with E-state index >= 15 is 0 Å². The molecule has 0 aliphatic rings. The molecule has 0 saturated carbocycles. The minimum Gasteiger partial charge on any atom is -0.384 e. The molecule has 2 atom stereocenters. The van der Waals surface area contributed by atoms with Gasteiger partial charge in [0.2, 0.25) is 0 Å². The van der Waals surface area contributed by atoms with Gasteiger partial charge < -0.3 is 5.11 Å². The normalized spacial score (nSPS) is 17.8. The van der Waals surface area contributed by atoms with Crippen LogP contribution in [0.2, 0.25) is 0 Å². The maximum Gasteiger partial charge on any atom is 0.108 e. The molecule has 3 nitrogen and oxygen atoms in total. The molecule has 13 heavy (non-hydrogen) atoms. The zero-order valence-electron chi connectivity index (χ0n) is 8.36. The van der Waals surface area contributed by atoms with Crippen LogP contribution in [0.5, 0.6) is 0 Å². The van der Waals surface area contributed by atoms with E-state index < -0.39 is 5.60 Å². The minimum absolute atomic E-state index is 0.184. The quantitative estimate of drug-likeness (QED) is 0.770. The predicted octanol–water partition coefficient (Wildman–Crippen LogP) is 1.73. The van der Waals surface area contributed by atoms with Gasteiger partial charge in [-0.25, -0.2) is 0 Å². The summed E-state index contributed by atoms with van der Waals surface area (Å²) in [5, 5.41) is 10.2. The van der Waals surface area contributed by atoms with Gasteiger partial charge in [0, 0.05) is 12.4 Å². The minimum atomic E-state index is -0.872. The lowest BCUT2D eigenvalue weighted by Gasteiger charge is -2.28. The molecular formula is C10H16N2O. The van der Waals surface area contributed by atoms with E-state index in [9.17, 15) is 5.11 Å². The highest BCUT2D eigenvalue weighted by Gasteiger charge is 2.30. The summed E-state index contributed by atoms with van der Waals surface area (Å²) >= 11 is 0. The van der Waals surface area contributed by atoms with Crippen LogP contribution < -0.4 is 0 Å². The van der Waals surface area contributed by atoms with E-state index in [0.717, 1.165) is 6.42 Å². The Morgan fingerprint density at radius 1 is 1.54 bits per heavy atom. The maximum absolute atomic E-state index is 10.2. The number of rotatable bonds is 3. The zero-order valence-corrected chi connectivity index (χ0v) is 8.36. The number of nitrogens with zero attached hydrogens (tertiary/aromatic N) is 2. The van der Waals surface area contributed by atoms with E-state index in [1.54, 1.807) is 25.5 Å². The third-order valence-electron chi connectivity index (χ3n) is 2.65. The topological polar surface area (TPSA) is 46.0 Å². The van der Waals surface area contributed by atoms with Gasteiger partial charge in [0.05, 0.1) is 11.9 Å². The zero-order chi connectivity index (χ0) is 9.90. The Morgan fingerprint density at radius 3 is 2.69 bits per heavy atom. The molecule has 2 unspecified atom stereocenters. The molecule has 0 saturated heterocycles. The van der Waals surface area contributed by atoms with E-state index in [0.29, 0.717) is 5.69 Å². The Balaban J connectivity index is 2.93. The lowest BCUT2D eigenvalue weighted by atomic mass is 9.86. The van der Waals surface area contributed by atoms with Crippen molar-refractivity contribution in [2.75, 3.05) is 0 Å². The van der Waals surface area contributed by atoms with Crippen molar-refractivity contribution in [3.8, 4) is 0 Å². The second-order valence-electron chi connectivity index (χ2n) is 3.55. The van der Waals surface area contributed by atoms with Crippen LogP contribution in [0, 0.1) is 5.92 Å². The SMILES string of the molecule is CCC(C)C(C)(O)c1cnccn1. The van der Waals surface area contributed by atoms with Crippen molar-refractivity contribution >= 4 is 0 Å². The molecule has 0 radical (unpaired) electrons. The summed E-state index contributed by atoms with van der Waals surface area (Å²) < 4.78 is 0. The second-order valence-corrected chi connectivity index (χ2v) is 3.55. The van der Waals surface area contributed by atoms with Gasteiger partial charge >= 0.3 is 0 Å². The molecule has 0 bridgehead atoms. The van der Waals surface area contributed by atoms with Crippen LogP contribution in [0.4, 0.5) is 0 Å². The highest BCUT2D eigenvalue weighted by atomic mass is 16.3. The molecule has 0 aliphatic carbocycles. The van der Waals surface area contributed by atoms with Crippen LogP contribution in [0.3, 0.4) is 0 Å². The van der Waals surface area contributed by atoms with Crippen LogP contribution in [-0.2, 0) is 5.60 Å². The van der Waals surface area contributed by atoms with Crippen molar-refractivity contribution in [2.24, 2.45) is 5.92 Å². The number of hydrogen-bond donors (Lipinski definition) is 1.